The Morgan fingerprint density at radius 1 is 0.920 bits per heavy atom. The summed E-state index contributed by atoms with van der Waals surface area (Å²) in [6, 6.07) is 19.2. The van der Waals surface area contributed by atoms with Crippen molar-refractivity contribution in [3.63, 3.8) is 0 Å². The molecule has 3 nitrogen and oxygen atoms in total. The number of nitrogens with one attached hydrogen (secondary N) is 1. The van der Waals surface area contributed by atoms with E-state index in [1.54, 1.807) is 0 Å². The summed E-state index contributed by atoms with van der Waals surface area (Å²) < 4.78 is 0. The molecule has 1 aromatic heterocycles. The molecule has 0 aliphatic carbocycles. The number of hydrogen-bond donors (Lipinski definition) is 2. The number of H-pyrrole nitrogens is 1. The van der Waals surface area contributed by atoms with Crippen LogP contribution in [0, 0.1) is 0 Å². The fourth-order valence-corrected chi connectivity index (χ4v) is 3.09. The van der Waals surface area contributed by atoms with Gasteiger partial charge in [0.15, 0.2) is 0 Å². The SMILES string of the molecule is CCCCCC(N)Cc1ncc(-c2ccc(-c3ccccc3)cc2)[nH]1. The first-order chi connectivity index (χ1) is 12.3. The molecule has 130 valence electrons. The van der Waals surface area contributed by atoms with Gasteiger partial charge >= 0.3 is 0 Å². The minimum absolute atomic E-state index is 0.186. The second-order valence-electron chi connectivity index (χ2n) is 6.65. The topological polar surface area (TPSA) is 54.7 Å². The maximum atomic E-state index is 6.22. The first kappa shape index (κ1) is 17.4. The molecule has 0 radical (unpaired) electrons. The van der Waals surface area contributed by atoms with Gasteiger partial charge in [0.1, 0.15) is 5.82 Å². The zero-order valence-electron chi connectivity index (χ0n) is 14.9. The molecule has 0 bridgehead atoms. The van der Waals surface area contributed by atoms with E-state index in [0.29, 0.717) is 0 Å². The van der Waals surface area contributed by atoms with Crippen molar-refractivity contribution in [1.82, 2.24) is 9.97 Å². The van der Waals surface area contributed by atoms with Crippen molar-refractivity contribution in [2.24, 2.45) is 5.73 Å². The molecule has 3 aromatic rings. The third-order valence-electron chi connectivity index (χ3n) is 4.57. The molecule has 3 rings (SSSR count). The lowest BCUT2D eigenvalue weighted by atomic mass is 10.0. The molecule has 0 saturated heterocycles. The van der Waals surface area contributed by atoms with Crippen LogP contribution in [0.15, 0.2) is 60.8 Å². The minimum atomic E-state index is 0.186. The summed E-state index contributed by atoms with van der Waals surface area (Å²) in [4.78, 5) is 7.92. The molecule has 25 heavy (non-hydrogen) atoms. The van der Waals surface area contributed by atoms with Crippen LogP contribution < -0.4 is 5.73 Å². The van der Waals surface area contributed by atoms with Crippen LogP contribution in [-0.2, 0) is 6.42 Å². The molecule has 2 aromatic carbocycles. The van der Waals surface area contributed by atoms with Crippen LogP contribution in [0.4, 0.5) is 0 Å². The second kappa shape index (κ2) is 8.63. The van der Waals surface area contributed by atoms with E-state index < -0.39 is 0 Å². The summed E-state index contributed by atoms with van der Waals surface area (Å²) in [7, 11) is 0. The van der Waals surface area contributed by atoms with Gasteiger partial charge in [-0.15, -0.1) is 0 Å². The van der Waals surface area contributed by atoms with Crippen molar-refractivity contribution in [2.75, 3.05) is 0 Å². The molecule has 3 N–H and O–H groups in total. The molecule has 0 fully saturated rings. The Morgan fingerprint density at radius 3 is 2.32 bits per heavy atom. The number of nitrogens with two attached hydrogens (primary N) is 1. The highest BCUT2D eigenvalue weighted by molar-refractivity contribution is 5.68. The van der Waals surface area contributed by atoms with Crippen LogP contribution in [-0.4, -0.2) is 16.0 Å². The average molecular weight is 333 g/mol. The first-order valence-corrected chi connectivity index (χ1v) is 9.21. The summed E-state index contributed by atoms with van der Waals surface area (Å²) in [6.07, 6.45) is 7.47. The summed E-state index contributed by atoms with van der Waals surface area (Å²) >= 11 is 0. The zero-order chi connectivity index (χ0) is 17.5. The lowest BCUT2D eigenvalue weighted by Crippen LogP contribution is -2.23. The van der Waals surface area contributed by atoms with Gasteiger partial charge in [0.25, 0.3) is 0 Å². The van der Waals surface area contributed by atoms with Gasteiger partial charge in [0, 0.05) is 12.5 Å². The molecule has 0 spiro atoms. The van der Waals surface area contributed by atoms with Crippen molar-refractivity contribution >= 4 is 0 Å². The Hall–Kier alpha value is -2.39. The predicted octanol–water partition coefficient (Wildman–Crippen LogP) is 5.19. The van der Waals surface area contributed by atoms with Gasteiger partial charge in [-0.1, -0.05) is 80.8 Å². The minimum Gasteiger partial charge on any atom is -0.342 e. The van der Waals surface area contributed by atoms with Gasteiger partial charge in [-0.05, 0) is 23.1 Å². The van der Waals surface area contributed by atoms with Gasteiger partial charge in [-0.25, -0.2) is 4.98 Å². The number of aromatic nitrogens is 2. The van der Waals surface area contributed by atoms with Crippen LogP contribution in [0.3, 0.4) is 0 Å². The Bertz CT molecular complexity index is 759. The van der Waals surface area contributed by atoms with Gasteiger partial charge in [-0.3, -0.25) is 0 Å². The third kappa shape index (κ3) is 4.80. The number of unbranched alkanes of at least 4 members (excludes halogenated alkanes) is 2. The van der Waals surface area contributed by atoms with E-state index in [0.717, 1.165) is 29.9 Å². The van der Waals surface area contributed by atoms with E-state index in [1.165, 1.54) is 30.4 Å². The monoisotopic (exact) mass is 333 g/mol. The van der Waals surface area contributed by atoms with Crippen molar-refractivity contribution in [1.29, 1.82) is 0 Å². The van der Waals surface area contributed by atoms with Gasteiger partial charge in [-0.2, -0.15) is 0 Å². The van der Waals surface area contributed by atoms with E-state index >= 15 is 0 Å². The van der Waals surface area contributed by atoms with Crippen molar-refractivity contribution < 1.29 is 0 Å². The highest BCUT2D eigenvalue weighted by atomic mass is 14.9. The number of rotatable bonds is 8. The summed E-state index contributed by atoms with van der Waals surface area (Å²) in [6.45, 7) is 2.22. The summed E-state index contributed by atoms with van der Waals surface area (Å²) in [5, 5.41) is 0. The van der Waals surface area contributed by atoms with Crippen LogP contribution in [0.5, 0.6) is 0 Å². The second-order valence-corrected chi connectivity index (χ2v) is 6.65. The van der Waals surface area contributed by atoms with E-state index in [4.69, 9.17) is 5.73 Å². The first-order valence-electron chi connectivity index (χ1n) is 9.21. The van der Waals surface area contributed by atoms with E-state index in [1.807, 2.05) is 12.3 Å². The Morgan fingerprint density at radius 2 is 1.60 bits per heavy atom. The quantitative estimate of drug-likeness (QED) is 0.557. The maximum absolute atomic E-state index is 6.22. The Balaban J connectivity index is 1.64. The van der Waals surface area contributed by atoms with Gasteiger partial charge in [0.2, 0.25) is 0 Å². The predicted molar refractivity (Wildman–Crippen MR) is 105 cm³/mol. The van der Waals surface area contributed by atoms with Crippen molar-refractivity contribution in [2.45, 2.75) is 45.1 Å². The molecular weight excluding hydrogens is 306 g/mol. The average Bonchev–Trinajstić information content (AvgIpc) is 3.11. The fourth-order valence-electron chi connectivity index (χ4n) is 3.09. The molecule has 1 atom stereocenters. The number of imidazole rings is 1. The highest BCUT2D eigenvalue weighted by Crippen LogP contribution is 2.24. The van der Waals surface area contributed by atoms with Crippen molar-refractivity contribution in [3.8, 4) is 22.4 Å². The lowest BCUT2D eigenvalue weighted by molar-refractivity contribution is 0.549. The number of benzene rings is 2. The standard InChI is InChI=1S/C22H27N3/c1-2-3-5-10-20(23)15-22-24-16-21(25-22)19-13-11-18(12-14-19)17-8-6-4-7-9-17/h4,6-9,11-14,16,20H,2-3,5,10,15,23H2,1H3,(H,24,25). The number of nitrogens with zero attached hydrogens (tertiary/aromatic N) is 1. The Kier molecular flexibility index (Phi) is 6.02. The molecule has 1 heterocycles. The molecular formula is C22H27N3. The third-order valence-corrected chi connectivity index (χ3v) is 4.57. The fraction of sp³-hybridized carbons (Fsp3) is 0.318. The van der Waals surface area contributed by atoms with Crippen molar-refractivity contribution in [3.05, 3.63) is 66.6 Å². The van der Waals surface area contributed by atoms with E-state index in [2.05, 4.69) is 65.4 Å². The lowest BCUT2D eigenvalue weighted by Gasteiger charge is -2.09. The van der Waals surface area contributed by atoms with Crippen LogP contribution in [0.1, 0.15) is 38.4 Å². The van der Waals surface area contributed by atoms with Gasteiger partial charge in [0.05, 0.1) is 11.9 Å². The summed E-state index contributed by atoms with van der Waals surface area (Å²) in [5.41, 5.74) is 10.9. The van der Waals surface area contributed by atoms with Gasteiger partial charge < -0.3 is 10.7 Å². The molecule has 0 saturated carbocycles. The number of hydrogen-bond acceptors (Lipinski definition) is 2. The molecule has 1 unspecified atom stereocenters. The molecule has 0 aliphatic heterocycles. The van der Waals surface area contributed by atoms with E-state index in [-0.39, 0.29) is 6.04 Å². The van der Waals surface area contributed by atoms with E-state index in [9.17, 15) is 0 Å². The zero-order valence-corrected chi connectivity index (χ0v) is 14.9. The number of aromatic amines is 1. The smallest absolute Gasteiger partial charge is 0.108 e. The van der Waals surface area contributed by atoms with Crippen LogP contribution in [0.2, 0.25) is 0 Å². The van der Waals surface area contributed by atoms with Crippen LogP contribution in [0.25, 0.3) is 22.4 Å². The molecule has 0 aliphatic rings. The maximum Gasteiger partial charge on any atom is 0.108 e. The van der Waals surface area contributed by atoms with Crippen LogP contribution >= 0.6 is 0 Å². The molecule has 0 amide bonds. The normalized spacial score (nSPS) is 12.2. The summed E-state index contributed by atoms with van der Waals surface area (Å²) in [5.74, 6) is 0.978. The largest absolute Gasteiger partial charge is 0.342 e. The molecule has 3 heteroatoms. The highest BCUT2D eigenvalue weighted by Gasteiger charge is 2.08. The Labute approximate surface area is 150 Å².